The van der Waals surface area contributed by atoms with Crippen LogP contribution in [-0.4, -0.2) is 94.9 Å². The fourth-order valence-electron chi connectivity index (χ4n) is 9.65. The number of nitrogens with zero attached hydrogens (tertiary/aromatic N) is 1. The molecule has 74 heavy (non-hydrogen) atoms. The fraction of sp³-hybridized carbons (Fsp3) is 0.492. The second-order valence-electron chi connectivity index (χ2n) is 18.2. The molecule has 8 N–H and O–H groups in total. The summed E-state index contributed by atoms with van der Waals surface area (Å²) >= 11 is 0. The Morgan fingerprint density at radius 1 is 0.473 bits per heavy atom. The van der Waals surface area contributed by atoms with Crippen molar-refractivity contribution in [2.24, 2.45) is 10.9 Å². The third-order valence-electron chi connectivity index (χ3n) is 12.9. The van der Waals surface area contributed by atoms with Crippen molar-refractivity contribution < 1.29 is 34.8 Å². The van der Waals surface area contributed by atoms with Crippen LogP contribution in [0.25, 0.3) is 0 Å². The highest BCUT2D eigenvalue weighted by Crippen LogP contribution is 2.31. The van der Waals surface area contributed by atoms with E-state index in [0.717, 1.165) is 96.2 Å². The van der Waals surface area contributed by atoms with Gasteiger partial charge in [0.15, 0.2) is 5.78 Å². The quantitative estimate of drug-likeness (QED) is 0.0639. The topological polar surface area (TPSA) is 179 Å². The van der Waals surface area contributed by atoms with Gasteiger partial charge in [-0.05, 0) is 160 Å². The van der Waals surface area contributed by atoms with Gasteiger partial charge in [0.2, 0.25) is 0 Å². The highest BCUT2D eigenvalue weighted by atomic mass is 16.5. The molecule has 5 aliphatic carbocycles. The highest BCUT2D eigenvalue weighted by molar-refractivity contribution is 6.02. The average Bonchev–Trinajstić information content (AvgIpc) is 3.47. The lowest BCUT2D eigenvalue weighted by molar-refractivity contribution is 0.0972. The van der Waals surface area contributed by atoms with Gasteiger partial charge < -0.3 is 46.4 Å². The van der Waals surface area contributed by atoms with Crippen LogP contribution in [0, 0.1) is 0 Å². The molecular formula is C63H96N4O7. The summed E-state index contributed by atoms with van der Waals surface area (Å²) in [6.45, 7) is 6.72. The van der Waals surface area contributed by atoms with Crippen LogP contribution in [0.5, 0.6) is 0 Å². The first-order valence-electron chi connectivity index (χ1n) is 26.8. The van der Waals surface area contributed by atoms with E-state index >= 15 is 0 Å². The summed E-state index contributed by atoms with van der Waals surface area (Å²) in [5.74, 6) is 0.312. The van der Waals surface area contributed by atoms with Gasteiger partial charge >= 0.3 is 0 Å². The maximum atomic E-state index is 11.3. The summed E-state index contributed by atoms with van der Waals surface area (Å²) < 4.78 is 8.50. The SMILES string of the molecule is CCCNC1CCCc2ccccc21.CCCNC1CCCc2ccccc21.CO.CO.CO.COC.COC.NC1CCCc2ccccc21.O/N=C1\CCCc2ccccc21.O=C1CCCc2ccccc21. The summed E-state index contributed by atoms with van der Waals surface area (Å²) in [7, 11) is 9.50. The molecule has 11 nitrogen and oxygen atoms in total. The molecule has 0 saturated carbocycles. The smallest absolute Gasteiger partial charge is 0.163 e. The zero-order valence-corrected chi connectivity index (χ0v) is 46.8. The standard InChI is InChI=1S/2C13H19N.C10H11NO.C10H13N.C10H10O.2C2H6O.3CH4O/c2*1-2-10-14-13-9-5-7-11-6-3-4-8-12(11)13;12-11-10-7-3-5-8-4-1-2-6-9(8)10;2*11-10-7-3-5-8-4-1-2-6-9(8)10;2*1-3-2;3*1-2/h2*3-4,6,8,13-14H,2,5,7,9-10H2,1H3;1-2,4,6,12H,3,5,7H2;1-2,4,6,10H,3,5,7,11H2;1-2,4,6H,3,5,7H2;2*1-2H3;3*2H,1H3/b;;11-10+;;;;;;;. The van der Waals surface area contributed by atoms with Gasteiger partial charge in [-0.15, -0.1) is 0 Å². The van der Waals surface area contributed by atoms with Crippen molar-refractivity contribution in [2.75, 3.05) is 62.9 Å². The van der Waals surface area contributed by atoms with Gasteiger partial charge in [-0.3, -0.25) is 4.79 Å². The van der Waals surface area contributed by atoms with E-state index < -0.39 is 0 Å². The number of nitrogens with one attached hydrogen (secondary N) is 2. The first kappa shape index (κ1) is 66.9. The molecule has 3 unspecified atom stereocenters. The molecule has 410 valence electrons. The molecule has 5 aromatic carbocycles. The maximum Gasteiger partial charge on any atom is 0.163 e. The minimum absolute atomic E-state index is 0.292. The van der Waals surface area contributed by atoms with Crippen LogP contribution in [0.4, 0.5) is 0 Å². The number of aliphatic hydroxyl groups excluding tert-OH is 3. The lowest BCUT2D eigenvalue weighted by atomic mass is 9.88. The Bertz CT molecular complexity index is 2150. The number of hydrogen-bond donors (Lipinski definition) is 7. The number of nitrogens with two attached hydrogens (primary N) is 1. The Kier molecular flexibility index (Phi) is 39.1. The van der Waals surface area contributed by atoms with E-state index in [1.54, 1.807) is 39.6 Å². The molecule has 0 aromatic heterocycles. The number of carbonyl (C=O) groups is 1. The lowest BCUT2D eigenvalue weighted by Crippen LogP contribution is -2.25. The molecule has 0 heterocycles. The van der Waals surface area contributed by atoms with Crippen molar-refractivity contribution in [3.05, 3.63) is 177 Å². The largest absolute Gasteiger partial charge is 0.411 e. The average molecular weight is 1020 g/mol. The fourth-order valence-corrected chi connectivity index (χ4v) is 9.65. The predicted molar refractivity (Wildman–Crippen MR) is 309 cm³/mol. The molecule has 10 rings (SSSR count). The third kappa shape index (κ3) is 24.1. The van der Waals surface area contributed by atoms with Crippen molar-refractivity contribution in [3.63, 3.8) is 0 Å². The molecule has 0 radical (unpaired) electrons. The minimum atomic E-state index is 0.292. The van der Waals surface area contributed by atoms with E-state index in [9.17, 15) is 4.79 Å². The first-order valence-corrected chi connectivity index (χ1v) is 26.8. The molecule has 0 spiro atoms. The maximum absolute atomic E-state index is 11.3. The summed E-state index contributed by atoms with van der Waals surface area (Å²) in [6.07, 6.45) is 19.8. The minimum Gasteiger partial charge on any atom is -0.411 e. The van der Waals surface area contributed by atoms with E-state index in [-0.39, 0.29) is 0 Å². The monoisotopic (exact) mass is 1020 g/mol. The van der Waals surface area contributed by atoms with Gasteiger partial charge in [0, 0.05) is 85.4 Å². The summed E-state index contributed by atoms with van der Waals surface area (Å²) in [4.78, 5) is 11.3. The molecule has 5 aromatic rings. The van der Waals surface area contributed by atoms with Crippen molar-refractivity contribution in [3.8, 4) is 0 Å². The number of aliphatic hydroxyl groups is 3. The summed E-state index contributed by atoms with van der Waals surface area (Å²) in [5, 5.41) is 40.3. The van der Waals surface area contributed by atoms with Gasteiger partial charge in [0.1, 0.15) is 0 Å². The zero-order valence-electron chi connectivity index (χ0n) is 46.8. The van der Waals surface area contributed by atoms with Gasteiger partial charge in [-0.25, -0.2) is 0 Å². The Labute approximate surface area is 447 Å². The number of rotatable bonds is 6. The Morgan fingerprint density at radius 3 is 1.23 bits per heavy atom. The molecule has 0 aliphatic heterocycles. The van der Waals surface area contributed by atoms with E-state index in [1.165, 1.54) is 97.6 Å². The normalized spacial score (nSPS) is 17.4. The van der Waals surface area contributed by atoms with Crippen molar-refractivity contribution >= 4 is 11.5 Å². The number of oxime groups is 1. The summed E-state index contributed by atoms with van der Waals surface area (Å²) in [6, 6.07) is 43.8. The van der Waals surface area contributed by atoms with Crippen LogP contribution < -0.4 is 16.4 Å². The van der Waals surface area contributed by atoms with Crippen LogP contribution in [-0.2, 0) is 41.6 Å². The van der Waals surface area contributed by atoms with Crippen LogP contribution in [0.2, 0.25) is 0 Å². The highest BCUT2D eigenvalue weighted by Gasteiger charge is 2.20. The Morgan fingerprint density at radius 2 is 0.811 bits per heavy atom. The van der Waals surface area contributed by atoms with Gasteiger partial charge in [0.05, 0.1) is 5.71 Å². The Balaban J connectivity index is 0.000000440. The lowest BCUT2D eigenvalue weighted by Gasteiger charge is -2.26. The molecular weight excluding hydrogens is 925 g/mol. The number of Topliss-reactive ketones (excluding diaryl/α,β-unsaturated/α-hetero) is 1. The predicted octanol–water partition coefficient (Wildman–Crippen LogP) is 11.9. The van der Waals surface area contributed by atoms with Gasteiger partial charge in [-0.1, -0.05) is 140 Å². The molecule has 0 amide bonds. The number of methoxy groups -OCH3 is 2. The molecule has 11 heteroatoms. The van der Waals surface area contributed by atoms with Gasteiger partial charge in [-0.2, -0.15) is 0 Å². The number of carbonyl (C=O) groups excluding carboxylic acids is 1. The molecule has 0 saturated heterocycles. The van der Waals surface area contributed by atoms with E-state index in [0.29, 0.717) is 23.9 Å². The van der Waals surface area contributed by atoms with Crippen molar-refractivity contribution in [2.45, 2.75) is 141 Å². The number of ketones is 1. The number of benzene rings is 5. The molecule has 3 atom stereocenters. The zero-order chi connectivity index (χ0) is 54.8. The number of fused-ring (bicyclic) bond motifs is 5. The number of aryl methyl sites for hydroxylation is 5. The third-order valence-corrected chi connectivity index (χ3v) is 12.9. The van der Waals surface area contributed by atoms with Crippen molar-refractivity contribution in [1.29, 1.82) is 0 Å². The number of hydrogen-bond acceptors (Lipinski definition) is 11. The van der Waals surface area contributed by atoms with Crippen LogP contribution in [0.1, 0.15) is 169 Å². The Hall–Kier alpha value is -5.08. The summed E-state index contributed by atoms with van der Waals surface area (Å²) in [5.41, 5.74) is 20.3. The van der Waals surface area contributed by atoms with E-state index in [2.05, 4.69) is 118 Å². The molecule has 0 fully saturated rings. The van der Waals surface area contributed by atoms with Crippen LogP contribution in [0.3, 0.4) is 0 Å². The second-order valence-corrected chi connectivity index (χ2v) is 18.2. The molecule has 5 aliphatic rings. The van der Waals surface area contributed by atoms with E-state index in [4.69, 9.17) is 26.3 Å². The second kappa shape index (κ2) is 43.2. The van der Waals surface area contributed by atoms with Crippen molar-refractivity contribution in [1.82, 2.24) is 10.6 Å². The van der Waals surface area contributed by atoms with Crippen LogP contribution >= 0.6 is 0 Å². The van der Waals surface area contributed by atoms with Crippen LogP contribution in [0.15, 0.2) is 126 Å². The van der Waals surface area contributed by atoms with E-state index in [1.807, 2.05) is 42.5 Å². The number of ether oxygens (including phenoxy) is 2. The molecule has 0 bridgehead atoms. The first-order chi connectivity index (χ1) is 36.3. The van der Waals surface area contributed by atoms with Gasteiger partial charge in [0.25, 0.3) is 0 Å².